The summed E-state index contributed by atoms with van der Waals surface area (Å²) in [5, 5.41) is 0.591. The number of carbonyl (C=O) groups excluding carboxylic acids is 1. The second-order valence-electron chi connectivity index (χ2n) is 7.09. The third-order valence-electron chi connectivity index (χ3n) is 5.18. The lowest BCUT2D eigenvalue weighted by atomic mass is 10.0. The van der Waals surface area contributed by atoms with Crippen LogP contribution in [0, 0.1) is 6.92 Å². The van der Waals surface area contributed by atoms with Crippen LogP contribution in [-0.4, -0.2) is 55.9 Å². The summed E-state index contributed by atoms with van der Waals surface area (Å²) in [4.78, 5) is 16.6. The molecule has 7 heteroatoms. The van der Waals surface area contributed by atoms with Crippen molar-refractivity contribution in [1.82, 2.24) is 4.90 Å². The van der Waals surface area contributed by atoms with Gasteiger partial charge in [-0.25, -0.2) is 8.42 Å². The Hall–Kier alpha value is -1.11. The topological polar surface area (TPSA) is 57.7 Å². The summed E-state index contributed by atoms with van der Waals surface area (Å²) in [6, 6.07) is 5.04. The number of aryl methyl sites for hydroxylation is 1. The molecular weight excluding hydrogens is 360 g/mol. The van der Waals surface area contributed by atoms with Crippen LogP contribution in [0.4, 0.5) is 5.69 Å². The van der Waals surface area contributed by atoms with Crippen molar-refractivity contribution in [2.75, 3.05) is 29.5 Å². The van der Waals surface area contributed by atoms with Gasteiger partial charge in [0.05, 0.1) is 24.1 Å². The van der Waals surface area contributed by atoms with Crippen LogP contribution < -0.4 is 4.90 Å². The van der Waals surface area contributed by atoms with Gasteiger partial charge in [0.25, 0.3) is 0 Å². The number of unbranched alkanes of at least 4 members (excludes halogenated alkanes) is 2. The normalized spacial score (nSPS) is 26.0. The summed E-state index contributed by atoms with van der Waals surface area (Å²) in [5.74, 6) is 0.113. The number of hydrogen-bond acceptors (Lipinski definition) is 4. The first kappa shape index (κ1) is 18.7. The Bertz CT molecular complexity index is 766. The van der Waals surface area contributed by atoms with Crippen molar-refractivity contribution in [2.45, 2.75) is 45.2 Å². The summed E-state index contributed by atoms with van der Waals surface area (Å²) in [7, 11) is -3.14. The summed E-state index contributed by atoms with van der Waals surface area (Å²) in [6.45, 7) is 5.08. The van der Waals surface area contributed by atoms with Crippen LogP contribution in [0.5, 0.6) is 0 Å². The van der Waals surface area contributed by atoms with E-state index in [2.05, 4.69) is 11.8 Å². The second-order valence-corrected chi connectivity index (χ2v) is 9.65. The van der Waals surface area contributed by atoms with Gasteiger partial charge in [0.2, 0.25) is 5.91 Å². The van der Waals surface area contributed by atoms with Crippen molar-refractivity contribution in [3.63, 3.8) is 0 Å². The van der Waals surface area contributed by atoms with Crippen LogP contribution in [-0.2, 0) is 14.6 Å². The van der Waals surface area contributed by atoms with Crippen molar-refractivity contribution >= 4 is 33.0 Å². The summed E-state index contributed by atoms with van der Waals surface area (Å²) < 4.78 is 24.6. The third kappa shape index (κ3) is 3.86. The molecule has 0 saturated carbocycles. The zero-order valence-electron chi connectivity index (χ0n) is 14.7. The smallest absolute Gasteiger partial charge is 0.241 e. The average Bonchev–Trinajstić information content (AvgIpc) is 2.86. The molecule has 0 N–H and O–H groups in total. The summed E-state index contributed by atoms with van der Waals surface area (Å²) >= 11 is 6.23. The molecule has 2 aliphatic heterocycles. The molecule has 3 rings (SSSR count). The number of nitrogens with zero attached hydrogens (tertiary/aromatic N) is 2. The monoisotopic (exact) mass is 384 g/mol. The number of halogens is 1. The first-order valence-electron chi connectivity index (χ1n) is 8.85. The molecule has 5 nitrogen and oxygen atoms in total. The minimum absolute atomic E-state index is 0.0270. The number of hydrogen-bond donors (Lipinski definition) is 0. The van der Waals surface area contributed by atoms with Crippen LogP contribution in [0.2, 0.25) is 5.02 Å². The Morgan fingerprint density at radius 2 is 1.92 bits per heavy atom. The second kappa shape index (κ2) is 7.25. The van der Waals surface area contributed by atoms with Crippen molar-refractivity contribution in [3.8, 4) is 0 Å². The number of piperazine rings is 1. The zero-order valence-corrected chi connectivity index (χ0v) is 16.3. The summed E-state index contributed by atoms with van der Waals surface area (Å²) in [6.07, 6.45) is 3.18. The number of fused-ring (bicyclic) bond motifs is 1. The van der Waals surface area contributed by atoms with E-state index in [1.807, 2.05) is 19.1 Å². The van der Waals surface area contributed by atoms with Gasteiger partial charge in [0.1, 0.15) is 0 Å². The molecule has 2 fully saturated rings. The van der Waals surface area contributed by atoms with Gasteiger partial charge in [-0.3, -0.25) is 9.69 Å². The number of amides is 1. The average molecular weight is 385 g/mol. The van der Waals surface area contributed by atoms with Crippen molar-refractivity contribution in [3.05, 3.63) is 28.8 Å². The first-order chi connectivity index (χ1) is 11.8. The highest BCUT2D eigenvalue weighted by Gasteiger charge is 2.49. The van der Waals surface area contributed by atoms with E-state index in [1.165, 1.54) is 0 Å². The molecule has 138 valence electrons. The van der Waals surface area contributed by atoms with E-state index in [9.17, 15) is 13.2 Å². The Balaban J connectivity index is 1.90. The van der Waals surface area contributed by atoms with E-state index >= 15 is 0 Å². The highest BCUT2D eigenvalue weighted by Crippen LogP contribution is 2.33. The molecule has 0 spiro atoms. The van der Waals surface area contributed by atoms with Crippen LogP contribution in [0.15, 0.2) is 18.2 Å². The molecule has 0 aromatic heterocycles. The largest absolute Gasteiger partial charge is 0.306 e. The van der Waals surface area contributed by atoms with Gasteiger partial charge in [-0.2, -0.15) is 0 Å². The number of anilines is 1. The van der Waals surface area contributed by atoms with Gasteiger partial charge in [-0.05, 0) is 37.6 Å². The molecule has 25 heavy (non-hydrogen) atoms. The fraction of sp³-hybridized carbons (Fsp3) is 0.611. The lowest BCUT2D eigenvalue weighted by Crippen LogP contribution is -2.62. The van der Waals surface area contributed by atoms with Gasteiger partial charge in [0.15, 0.2) is 9.84 Å². The molecule has 2 atom stereocenters. The maximum absolute atomic E-state index is 12.8. The fourth-order valence-corrected chi connectivity index (χ4v) is 5.99. The van der Waals surface area contributed by atoms with Crippen molar-refractivity contribution < 1.29 is 13.2 Å². The minimum Gasteiger partial charge on any atom is -0.306 e. The number of carbonyl (C=O) groups is 1. The maximum atomic E-state index is 12.8. The standard InChI is InChI=1S/C18H25ClN2O3S/c1-3-4-5-8-20-10-18(22)21(14-7-6-13(2)15(19)9-14)17-12-25(23,24)11-16(17)20/h6-7,9,16-17H,3-5,8,10-12H2,1-2H3/t16-,17+/m0/s1. The van der Waals surface area contributed by atoms with Crippen molar-refractivity contribution in [2.24, 2.45) is 0 Å². The molecule has 2 heterocycles. The molecule has 1 aromatic rings. The number of benzene rings is 1. The predicted octanol–water partition coefficient (Wildman–Crippen LogP) is 2.65. The van der Waals surface area contributed by atoms with E-state index in [1.54, 1.807) is 11.0 Å². The SMILES string of the molecule is CCCCCN1CC(=O)N(c2ccc(C)c(Cl)c2)[C@@H]2CS(=O)(=O)C[C@@H]21. The predicted molar refractivity (Wildman–Crippen MR) is 101 cm³/mol. The van der Waals surface area contributed by atoms with Gasteiger partial charge >= 0.3 is 0 Å². The van der Waals surface area contributed by atoms with Gasteiger partial charge < -0.3 is 4.90 Å². The molecule has 1 amide bonds. The van der Waals surface area contributed by atoms with E-state index in [4.69, 9.17) is 11.6 Å². The quantitative estimate of drug-likeness (QED) is 0.732. The Morgan fingerprint density at radius 1 is 1.20 bits per heavy atom. The molecule has 2 aliphatic rings. The Labute approximate surface area is 154 Å². The third-order valence-corrected chi connectivity index (χ3v) is 7.29. The Kier molecular flexibility index (Phi) is 5.42. The molecule has 0 radical (unpaired) electrons. The molecule has 0 unspecified atom stereocenters. The molecular formula is C18H25ClN2O3S. The Morgan fingerprint density at radius 3 is 2.60 bits per heavy atom. The van der Waals surface area contributed by atoms with E-state index in [0.717, 1.165) is 31.4 Å². The summed E-state index contributed by atoms with van der Waals surface area (Å²) in [5.41, 5.74) is 1.63. The van der Waals surface area contributed by atoms with Crippen LogP contribution >= 0.6 is 11.6 Å². The van der Waals surface area contributed by atoms with Crippen LogP contribution in [0.1, 0.15) is 31.7 Å². The van der Waals surface area contributed by atoms with Gasteiger partial charge in [0, 0.05) is 16.8 Å². The number of rotatable bonds is 5. The zero-order chi connectivity index (χ0) is 18.2. The highest BCUT2D eigenvalue weighted by atomic mass is 35.5. The van der Waals surface area contributed by atoms with Crippen LogP contribution in [0.3, 0.4) is 0 Å². The van der Waals surface area contributed by atoms with Gasteiger partial charge in [-0.1, -0.05) is 37.4 Å². The van der Waals surface area contributed by atoms with Crippen molar-refractivity contribution in [1.29, 1.82) is 0 Å². The molecule has 0 bridgehead atoms. The first-order valence-corrected chi connectivity index (χ1v) is 11.0. The highest BCUT2D eigenvalue weighted by molar-refractivity contribution is 7.91. The maximum Gasteiger partial charge on any atom is 0.241 e. The number of sulfone groups is 1. The fourth-order valence-electron chi connectivity index (χ4n) is 3.83. The lowest BCUT2D eigenvalue weighted by Gasteiger charge is -2.43. The molecule has 0 aliphatic carbocycles. The molecule has 1 aromatic carbocycles. The van der Waals surface area contributed by atoms with Crippen LogP contribution in [0.25, 0.3) is 0 Å². The van der Waals surface area contributed by atoms with E-state index in [-0.39, 0.29) is 36.0 Å². The lowest BCUT2D eigenvalue weighted by molar-refractivity contribution is -0.123. The van der Waals surface area contributed by atoms with Gasteiger partial charge in [-0.15, -0.1) is 0 Å². The van der Waals surface area contributed by atoms with E-state index < -0.39 is 9.84 Å². The molecule has 2 saturated heterocycles. The minimum atomic E-state index is -3.14. The van der Waals surface area contributed by atoms with E-state index in [0.29, 0.717) is 10.7 Å².